The van der Waals surface area contributed by atoms with E-state index in [0.717, 1.165) is 0 Å². The zero-order chi connectivity index (χ0) is 9.14. The molecule has 1 heterocycles. The maximum absolute atomic E-state index is 9.93. The Morgan fingerprint density at radius 2 is 2.50 bits per heavy atom. The zero-order valence-corrected chi connectivity index (χ0v) is 6.25. The van der Waals surface area contributed by atoms with Gasteiger partial charge in [0.1, 0.15) is 12.2 Å². The summed E-state index contributed by atoms with van der Waals surface area (Å²) in [5.74, 6) is 0. The molecular weight excluding hydrogens is 166 g/mol. The van der Waals surface area contributed by atoms with Crippen LogP contribution in [-0.2, 0) is 9.57 Å². The van der Waals surface area contributed by atoms with Crippen LogP contribution in [0.5, 0.6) is 0 Å². The Balaban J connectivity index is 2.46. The quantitative estimate of drug-likeness (QED) is 0.458. The van der Waals surface area contributed by atoms with Crippen LogP contribution in [0.2, 0.25) is 0 Å². The van der Waals surface area contributed by atoms with Crippen molar-refractivity contribution in [3.63, 3.8) is 0 Å². The molecule has 0 bridgehead atoms. The lowest BCUT2D eigenvalue weighted by Gasteiger charge is -2.12. The van der Waals surface area contributed by atoms with Crippen molar-refractivity contribution in [1.82, 2.24) is 0 Å². The van der Waals surface area contributed by atoms with Crippen LogP contribution in [0.4, 0.5) is 0 Å². The number of aliphatic hydroxyl groups excluding tert-OH is 1. The molecule has 0 aromatic heterocycles. The first kappa shape index (κ1) is 9.21. The molecule has 0 spiro atoms. The third-order valence-electron chi connectivity index (χ3n) is 1.63. The Morgan fingerprint density at radius 3 is 3.00 bits per heavy atom. The second kappa shape index (κ2) is 3.68. The van der Waals surface area contributed by atoms with Gasteiger partial charge >= 0.3 is 0 Å². The van der Waals surface area contributed by atoms with Gasteiger partial charge in [0, 0.05) is 6.42 Å². The van der Waals surface area contributed by atoms with Crippen LogP contribution < -0.4 is 0 Å². The molecule has 2 radical (unpaired) electrons. The molecule has 0 saturated carbocycles. The maximum Gasteiger partial charge on any atom is 0.294 e. The van der Waals surface area contributed by atoms with E-state index in [-0.39, 0.29) is 13.0 Å². The van der Waals surface area contributed by atoms with E-state index in [9.17, 15) is 10.1 Å². The van der Waals surface area contributed by atoms with E-state index in [1.54, 1.807) is 0 Å². The average molecular weight is 175 g/mol. The van der Waals surface area contributed by atoms with Crippen LogP contribution in [0.25, 0.3) is 0 Å². The Bertz CT molecular complexity index is 173. The second-order valence-corrected chi connectivity index (χ2v) is 2.50. The van der Waals surface area contributed by atoms with Gasteiger partial charge in [-0.15, -0.1) is 10.1 Å². The summed E-state index contributed by atoms with van der Waals surface area (Å²) >= 11 is 0. The molecule has 0 aromatic rings. The summed E-state index contributed by atoms with van der Waals surface area (Å²) in [6.45, 7) is 5.00. The van der Waals surface area contributed by atoms with Crippen LogP contribution in [0.1, 0.15) is 6.42 Å². The lowest BCUT2D eigenvalue weighted by Crippen LogP contribution is -2.29. The van der Waals surface area contributed by atoms with Crippen molar-refractivity contribution in [3.05, 3.63) is 17.0 Å². The zero-order valence-electron chi connectivity index (χ0n) is 6.25. The monoisotopic (exact) mass is 175 g/mol. The van der Waals surface area contributed by atoms with E-state index >= 15 is 0 Å². The highest BCUT2D eigenvalue weighted by atomic mass is 17.0. The van der Waals surface area contributed by atoms with Gasteiger partial charge in [0.25, 0.3) is 5.09 Å². The van der Waals surface area contributed by atoms with Gasteiger partial charge in [-0.3, -0.25) is 0 Å². The summed E-state index contributed by atoms with van der Waals surface area (Å²) in [7, 11) is 0. The van der Waals surface area contributed by atoms with Gasteiger partial charge in [-0.2, -0.15) is 0 Å². The van der Waals surface area contributed by atoms with Gasteiger partial charge in [-0.05, 0) is 6.92 Å². The normalized spacial score (nSPS) is 35.0. The summed E-state index contributed by atoms with van der Waals surface area (Å²) in [4.78, 5) is 14.2. The number of hydrogen-bond acceptors (Lipinski definition) is 5. The lowest BCUT2D eigenvalue weighted by molar-refractivity contribution is -0.769. The van der Waals surface area contributed by atoms with Crippen molar-refractivity contribution < 1.29 is 19.8 Å². The van der Waals surface area contributed by atoms with Gasteiger partial charge in [0.05, 0.1) is 12.7 Å². The second-order valence-electron chi connectivity index (χ2n) is 2.50. The standard InChI is InChI=1S/C6H9NO5/c1-4-2-5(12-7(9)10)6(3-8)11-4/h1,4-6,8H,2-3H2/t4-,5+,6+/m0/s1. The molecule has 1 fully saturated rings. The van der Waals surface area contributed by atoms with Crippen LogP contribution in [-0.4, -0.2) is 35.1 Å². The smallest absolute Gasteiger partial charge is 0.294 e. The molecule has 12 heavy (non-hydrogen) atoms. The SMILES string of the molecule is [CH][C@H]1C[C@@H](O[N+](=O)[O-])[C@@H](CO)O1. The molecule has 1 saturated heterocycles. The highest BCUT2D eigenvalue weighted by molar-refractivity contribution is 4.83. The fourth-order valence-electron chi connectivity index (χ4n) is 1.13. The molecule has 6 heteroatoms. The molecular formula is C6H9NO5. The predicted octanol–water partition coefficient (Wildman–Crippen LogP) is -0.576. The van der Waals surface area contributed by atoms with Crippen LogP contribution >= 0.6 is 0 Å². The van der Waals surface area contributed by atoms with Gasteiger partial charge in [-0.25, -0.2) is 0 Å². The first-order valence-electron chi connectivity index (χ1n) is 3.46. The summed E-state index contributed by atoms with van der Waals surface area (Å²) < 4.78 is 4.92. The van der Waals surface area contributed by atoms with Crippen molar-refractivity contribution in [3.8, 4) is 0 Å². The Morgan fingerprint density at radius 1 is 1.83 bits per heavy atom. The van der Waals surface area contributed by atoms with Gasteiger partial charge in [0.2, 0.25) is 0 Å². The highest BCUT2D eigenvalue weighted by Gasteiger charge is 2.35. The van der Waals surface area contributed by atoms with Crippen molar-refractivity contribution in [1.29, 1.82) is 0 Å². The van der Waals surface area contributed by atoms with Crippen molar-refractivity contribution in [2.45, 2.75) is 24.7 Å². The lowest BCUT2D eigenvalue weighted by atomic mass is 10.1. The number of hydrogen-bond donors (Lipinski definition) is 1. The van der Waals surface area contributed by atoms with E-state index in [1.165, 1.54) is 0 Å². The van der Waals surface area contributed by atoms with Crippen LogP contribution in [0.3, 0.4) is 0 Å². The predicted molar refractivity (Wildman–Crippen MR) is 36.5 cm³/mol. The molecule has 0 aromatic carbocycles. The maximum atomic E-state index is 9.93. The summed E-state index contributed by atoms with van der Waals surface area (Å²) in [5.41, 5.74) is 0. The topological polar surface area (TPSA) is 81.8 Å². The molecule has 0 amide bonds. The fraction of sp³-hybridized carbons (Fsp3) is 0.833. The number of ether oxygens (including phenoxy) is 1. The Labute approximate surface area is 69.2 Å². The third kappa shape index (κ3) is 2.05. The minimum atomic E-state index is -0.908. The van der Waals surface area contributed by atoms with Crippen molar-refractivity contribution >= 4 is 0 Å². The Kier molecular flexibility index (Phi) is 2.83. The van der Waals surface area contributed by atoms with Crippen molar-refractivity contribution in [2.75, 3.05) is 6.61 Å². The molecule has 6 nitrogen and oxygen atoms in total. The van der Waals surface area contributed by atoms with Gasteiger partial charge < -0.3 is 14.7 Å². The number of rotatable bonds is 3. The number of aliphatic hydroxyl groups is 1. The molecule has 1 rings (SSSR count). The van der Waals surface area contributed by atoms with E-state index in [4.69, 9.17) is 16.8 Å². The van der Waals surface area contributed by atoms with Crippen molar-refractivity contribution in [2.24, 2.45) is 0 Å². The largest absolute Gasteiger partial charge is 0.394 e. The molecule has 0 aliphatic carbocycles. The first-order valence-corrected chi connectivity index (χ1v) is 3.46. The average Bonchev–Trinajstić information content (AvgIpc) is 2.29. The van der Waals surface area contributed by atoms with Gasteiger partial charge in [-0.1, -0.05) is 0 Å². The molecule has 3 atom stereocenters. The van der Waals surface area contributed by atoms with E-state index in [0.29, 0.717) is 0 Å². The molecule has 1 aliphatic rings. The van der Waals surface area contributed by atoms with E-state index in [2.05, 4.69) is 4.84 Å². The Hall–Kier alpha value is -0.880. The van der Waals surface area contributed by atoms with Crippen LogP contribution in [0.15, 0.2) is 0 Å². The summed E-state index contributed by atoms with van der Waals surface area (Å²) in [6, 6.07) is 0. The van der Waals surface area contributed by atoms with E-state index < -0.39 is 23.4 Å². The van der Waals surface area contributed by atoms with Gasteiger partial charge in [0.15, 0.2) is 0 Å². The minimum Gasteiger partial charge on any atom is -0.394 e. The third-order valence-corrected chi connectivity index (χ3v) is 1.63. The molecule has 1 aliphatic heterocycles. The minimum absolute atomic E-state index is 0.228. The highest BCUT2D eigenvalue weighted by Crippen LogP contribution is 2.22. The first-order chi connectivity index (χ1) is 5.63. The molecule has 68 valence electrons. The number of nitrogens with zero attached hydrogens (tertiary/aromatic N) is 1. The molecule has 1 N–H and O–H groups in total. The van der Waals surface area contributed by atoms with Crippen LogP contribution in [0, 0.1) is 17.0 Å². The summed E-state index contributed by atoms with van der Waals surface area (Å²) in [6.07, 6.45) is -1.80. The summed E-state index contributed by atoms with van der Waals surface area (Å²) in [5, 5.41) is 17.7. The van der Waals surface area contributed by atoms with E-state index in [1.807, 2.05) is 0 Å². The molecule has 0 unspecified atom stereocenters. The fourth-order valence-corrected chi connectivity index (χ4v) is 1.13.